The molecule has 1 aliphatic heterocycles. The summed E-state index contributed by atoms with van der Waals surface area (Å²) in [6.45, 7) is 7.94. The number of aliphatic hydroxyl groups excluding tert-OH is 1. The van der Waals surface area contributed by atoms with Gasteiger partial charge in [-0.1, -0.05) is 41.9 Å². The molecular formula is C38H38ClN3O5. The van der Waals surface area contributed by atoms with Gasteiger partial charge in [-0.2, -0.15) is 5.26 Å². The lowest BCUT2D eigenvalue weighted by Gasteiger charge is -2.24. The van der Waals surface area contributed by atoms with Crippen molar-refractivity contribution in [2.75, 3.05) is 26.2 Å². The van der Waals surface area contributed by atoms with Crippen LogP contribution in [0.5, 0.6) is 17.2 Å². The Bertz CT molecular complexity index is 1820. The van der Waals surface area contributed by atoms with Crippen LogP contribution in [-0.4, -0.2) is 53.6 Å². The summed E-state index contributed by atoms with van der Waals surface area (Å²) in [6, 6.07) is 19.3. The maximum Gasteiger partial charge on any atom is 0.153 e. The first-order valence-corrected chi connectivity index (χ1v) is 16.3. The number of carbonyl (C=O) groups excluding carboxylic acids is 1. The van der Waals surface area contributed by atoms with Crippen molar-refractivity contribution in [1.82, 2.24) is 9.88 Å². The number of hydrogen-bond donors (Lipinski definition) is 1. The Balaban J connectivity index is 1.14. The number of β-amino-alcohol motifs (C(OH)–C–C–N with tert-alkyl or cyclic N) is 1. The average molecular weight is 652 g/mol. The third-order valence-electron chi connectivity index (χ3n) is 9.21. The van der Waals surface area contributed by atoms with Crippen LogP contribution < -0.4 is 14.2 Å². The van der Waals surface area contributed by atoms with Gasteiger partial charge < -0.3 is 19.3 Å². The molecule has 0 radical (unpaired) electrons. The van der Waals surface area contributed by atoms with E-state index in [4.69, 9.17) is 31.1 Å². The van der Waals surface area contributed by atoms with Crippen molar-refractivity contribution < 1.29 is 24.1 Å². The largest absolute Gasteiger partial charge is 0.493 e. The Morgan fingerprint density at radius 3 is 2.49 bits per heavy atom. The van der Waals surface area contributed by atoms with E-state index >= 15 is 0 Å². The maximum atomic E-state index is 11.8. The Morgan fingerprint density at radius 1 is 1.00 bits per heavy atom. The lowest BCUT2D eigenvalue weighted by atomic mass is 9.93. The van der Waals surface area contributed by atoms with E-state index in [2.05, 4.69) is 41.9 Å². The molecule has 0 bridgehead atoms. The molecule has 8 nitrogen and oxygen atoms in total. The monoisotopic (exact) mass is 651 g/mol. The molecule has 1 atom stereocenters. The quantitative estimate of drug-likeness (QED) is 0.153. The molecule has 2 aliphatic rings. The highest BCUT2D eigenvalue weighted by Crippen LogP contribution is 2.47. The number of hydrogen-bond acceptors (Lipinski definition) is 8. The van der Waals surface area contributed by atoms with Crippen molar-refractivity contribution in [2.24, 2.45) is 5.41 Å². The first-order valence-electron chi connectivity index (χ1n) is 15.9. The van der Waals surface area contributed by atoms with Gasteiger partial charge in [0.2, 0.25) is 0 Å². The normalized spacial score (nSPS) is 16.8. The van der Waals surface area contributed by atoms with Crippen molar-refractivity contribution >= 4 is 17.9 Å². The number of aromatic nitrogens is 1. The van der Waals surface area contributed by atoms with Crippen LogP contribution in [0.2, 0.25) is 5.02 Å². The number of halogens is 1. The van der Waals surface area contributed by atoms with Crippen LogP contribution in [0, 0.1) is 30.6 Å². The van der Waals surface area contributed by atoms with Gasteiger partial charge in [-0.05, 0) is 79.1 Å². The summed E-state index contributed by atoms with van der Waals surface area (Å²) in [5.41, 5.74) is 6.97. The summed E-state index contributed by atoms with van der Waals surface area (Å²) in [7, 11) is 0. The number of ether oxygens (including phenoxy) is 3. The third kappa shape index (κ3) is 7.60. The van der Waals surface area contributed by atoms with Gasteiger partial charge >= 0.3 is 0 Å². The number of likely N-dealkylation sites (tertiary alicyclic amines) is 1. The zero-order valence-electron chi connectivity index (χ0n) is 26.7. The first-order chi connectivity index (χ1) is 22.8. The lowest BCUT2D eigenvalue weighted by molar-refractivity contribution is 0.111. The fraction of sp³-hybridized carbons (Fsp3) is 0.342. The average Bonchev–Trinajstić information content (AvgIpc) is 3.73. The molecule has 9 heteroatoms. The molecule has 1 aliphatic carbocycles. The molecule has 3 aromatic carbocycles. The minimum atomic E-state index is -0.204. The Labute approximate surface area is 280 Å². The molecule has 2 heterocycles. The summed E-state index contributed by atoms with van der Waals surface area (Å²) in [6.07, 6.45) is 6.74. The summed E-state index contributed by atoms with van der Waals surface area (Å²) in [4.78, 5) is 18.2. The SMILES string of the molecule is Cc1c(COc2cc(OCc3cncc(C#N)c3)c(C=O)cc2Cl)cccc1-c1cccc(OCC2(CN3CCC(O)C3)CC2)c1C. The maximum absolute atomic E-state index is 11.8. The van der Waals surface area contributed by atoms with Crippen LogP contribution in [0.1, 0.15) is 57.4 Å². The van der Waals surface area contributed by atoms with Crippen molar-refractivity contribution in [3.63, 3.8) is 0 Å². The molecule has 1 aromatic heterocycles. The van der Waals surface area contributed by atoms with Crippen molar-refractivity contribution in [3.8, 4) is 34.4 Å². The van der Waals surface area contributed by atoms with Crippen LogP contribution >= 0.6 is 11.6 Å². The molecule has 6 rings (SSSR count). The van der Waals surface area contributed by atoms with Crippen LogP contribution in [0.15, 0.2) is 67.0 Å². The number of rotatable bonds is 13. The molecule has 47 heavy (non-hydrogen) atoms. The molecule has 1 unspecified atom stereocenters. The van der Waals surface area contributed by atoms with Gasteiger partial charge in [-0.15, -0.1) is 0 Å². The number of carbonyl (C=O) groups is 1. The van der Waals surface area contributed by atoms with E-state index in [-0.39, 0.29) is 24.7 Å². The number of nitriles is 1. The molecular weight excluding hydrogens is 614 g/mol. The van der Waals surface area contributed by atoms with E-state index in [1.807, 2.05) is 24.3 Å². The number of pyridine rings is 1. The first kappa shape index (κ1) is 32.5. The number of benzene rings is 3. The van der Waals surface area contributed by atoms with E-state index in [1.165, 1.54) is 12.3 Å². The molecule has 1 N–H and O–H groups in total. The number of aldehydes is 1. The van der Waals surface area contributed by atoms with E-state index in [9.17, 15) is 9.90 Å². The van der Waals surface area contributed by atoms with Gasteiger partial charge in [0.1, 0.15) is 36.5 Å². The highest BCUT2D eigenvalue weighted by Gasteiger charge is 2.45. The van der Waals surface area contributed by atoms with Gasteiger partial charge in [0.05, 0.1) is 28.9 Å². The smallest absolute Gasteiger partial charge is 0.153 e. The molecule has 242 valence electrons. The Hall–Kier alpha value is -4.42. The topological polar surface area (TPSA) is 105 Å². The zero-order valence-corrected chi connectivity index (χ0v) is 27.4. The number of aliphatic hydroxyl groups is 1. The van der Waals surface area contributed by atoms with Crippen LogP contribution in [0.25, 0.3) is 11.1 Å². The van der Waals surface area contributed by atoms with E-state index in [0.717, 1.165) is 72.5 Å². The summed E-state index contributed by atoms with van der Waals surface area (Å²) < 4.78 is 18.6. The van der Waals surface area contributed by atoms with E-state index in [1.54, 1.807) is 18.3 Å². The van der Waals surface area contributed by atoms with Crippen LogP contribution in [0.4, 0.5) is 0 Å². The Kier molecular flexibility index (Phi) is 9.79. The zero-order chi connectivity index (χ0) is 33.0. The number of nitrogens with zero attached hydrogens (tertiary/aromatic N) is 3. The van der Waals surface area contributed by atoms with E-state index in [0.29, 0.717) is 46.1 Å². The Morgan fingerprint density at radius 2 is 1.77 bits per heavy atom. The van der Waals surface area contributed by atoms with Crippen LogP contribution in [-0.2, 0) is 13.2 Å². The molecule has 1 saturated carbocycles. The van der Waals surface area contributed by atoms with Gasteiger partial charge in [-0.25, -0.2) is 0 Å². The second kappa shape index (κ2) is 14.1. The lowest BCUT2D eigenvalue weighted by Crippen LogP contribution is -2.32. The van der Waals surface area contributed by atoms with Crippen molar-refractivity contribution in [1.29, 1.82) is 5.26 Å². The molecule has 0 amide bonds. The van der Waals surface area contributed by atoms with Crippen LogP contribution in [0.3, 0.4) is 0 Å². The highest BCUT2D eigenvalue weighted by molar-refractivity contribution is 6.32. The second-order valence-electron chi connectivity index (χ2n) is 12.7. The van der Waals surface area contributed by atoms with Gasteiger partial charge in [-0.3, -0.25) is 14.7 Å². The molecule has 4 aromatic rings. The molecule has 1 saturated heterocycles. The minimum Gasteiger partial charge on any atom is -0.493 e. The second-order valence-corrected chi connectivity index (χ2v) is 13.1. The van der Waals surface area contributed by atoms with E-state index < -0.39 is 0 Å². The summed E-state index contributed by atoms with van der Waals surface area (Å²) >= 11 is 6.51. The van der Waals surface area contributed by atoms with Gasteiger partial charge in [0.15, 0.2) is 6.29 Å². The summed E-state index contributed by atoms with van der Waals surface area (Å²) in [5.74, 6) is 1.61. The van der Waals surface area contributed by atoms with Gasteiger partial charge in [0, 0.05) is 49.1 Å². The van der Waals surface area contributed by atoms with Gasteiger partial charge in [0.25, 0.3) is 0 Å². The minimum absolute atomic E-state index is 0.122. The standard InChI is InChI=1S/C38H38ClN3O5/c1-25-29(22-46-37-15-36(30(20-43)14-34(37)39)45-21-28-13-27(16-40)17-41-18-28)5-3-6-32(25)33-7-4-8-35(26(33)2)47-24-38(10-11-38)23-42-12-9-31(44)19-42/h3-8,13-15,17-18,20,31,44H,9-12,19,21-24H2,1-2H3. The summed E-state index contributed by atoms with van der Waals surface area (Å²) in [5, 5.41) is 19.4. The highest BCUT2D eigenvalue weighted by atomic mass is 35.5. The van der Waals surface area contributed by atoms with Crippen molar-refractivity contribution in [2.45, 2.75) is 52.4 Å². The van der Waals surface area contributed by atoms with Crippen molar-refractivity contribution in [3.05, 3.63) is 105 Å². The fourth-order valence-corrected chi connectivity index (χ4v) is 6.43. The third-order valence-corrected chi connectivity index (χ3v) is 9.51. The fourth-order valence-electron chi connectivity index (χ4n) is 6.20. The predicted molar refractivity (Wildman–Crippen MR) is 180 cm³/mol. The predicted octanol–water partition coefficient (Wildman–Crippen LogP) is 7.09. The molecule has 0 spiro atoms. The molecule has 2 fully saturated rings.